The van der Waals surface area contributed by atoms with E-state index in [-0.39, 0.29) is 11.9 Å². The van der Waals surface area contributed by atoms with Crippen LogP contribution < -0.4 is 11.1 Å². The van der Waals surface area contributed by atoms with E-state index in [1.165, 1.54) is 0 Å². The predicted molar refractivity (Wildman–Crippen MR) is 88.1 cm³/mol. The fourth-order valence-corrected chi connectivity index (χ4v) is 2.10. The van der Waals surface area contributed by atoms with Gasteiger partial charge in [0.25, 0.3) is 5.91 Å². The molecule has 0 saturated heterocycles. The number of hydrogen-bond acceptors (Lipinski definition) is 2. The summed E-state index contributed by atoms with van der Waals surface area (Å²) in [5.41, 5.74) is 7.90. The zero-order valence-electron chi connectivity index (χ0n) is 13.5. The van der Waals surface area contributed by atoms with E-state index in [2.05, 4.69) is 31.0 Å². The fourth-order valence-electron chi connectivity index (χ4n) is 2.10. The molecule has 1 rings (SSSR count). The van der Waals surface area contributed by atoms with Crippen molar-refractivity contribution in [1.82, 2.24) is 5.32 Å². The van der Waals surface area contributed by atoms with Gasteiger partial charge in [0.15, 0.2) is 0 Å². The summed E-state index contributed by atoms with van der Waals surface area (Å²) in [6.07, 6.45) is 2.11. The molecule has 3 N–H and O–H groups in total. The number of carbonyl (C=O) groups excluding carboxylic acids is 1. The number of nitrogens with two attached hydrogens (primary N) is 1. The third-order valence-corrected chi connectivity index (χ3v) is 3.23. The maximum absolute atomic E-state index is 12.3. The van der Waals surface area contributed by atoms with Crippen molar-refractivity contribution in [2.24, 2.45) is 11.7 Å². The lowest BCUT2D eigenvalue weighted by atomic mass is 10.0. The minimum absolute atomic E-state index is 0.0363. The lowest BCUT2D eigenvalue weighted by Gasteiger charge is -2.15. The Balaban J connectivity index is 2.75. The van der Waals surface area contributed by atoms with E-state index in [0.717, 1.165) is 24.0 Å². The molecule has 1 aromatic rings. The highest BCUT2D eigenvalue weighted by Crippen LogP contribution is 2.11. The molecule has 1 unspecified atom stereocenters. The fraction of sp³-hybridized carbons (Fsp3) is 0.500. The standard InChI is InChI=1S/C18H26N2O/c1-13(2)7-8-15(4)20-18(21)17-11-14(3)10-16(12-17)6-5-9-19/h10-13,15H,7-9,19H2,1-4H3,(H,20,21). The summed E-state index contributed by atoms with van der Waals surface area (Å²) in [6.45, 7) is 8.72. The first-order chi connectivity index (χ1) is 9.92. The van der Waals surface area contributed by atoms with E-state index >= 15 is 0 Å². The predicted octanol–water partition coefficient (Wildman–Crippen LogP) is 2.86. The second kappa shape index (κ2) is 8.49. The van der Waals surface area contributed by atoms with Crippen LogP contribution in [0.5, 0.6) is 0 Å². The molecule has 3 nitrogen and oxygen atoms in total. The first-order valence-corrected chi connectivity index (χ1v) is 7.54. The van der Waals surface area contributed by atoms with E-state index in [1.54, 1.807) is 0 Å². The normalized spacial score (nSPS) is 11.7. The Morgan fingerprint density at radius 1 is 1.24 bits per heavy atom. The molecule has 0 bridgehead atoms. The molecule has 1 aromatic carbocycles. The Kier molecular flexibility index (Phi) is 6.98. The van der Waals surface area contributed by atoms with Crippen molar-refractivity contribution in [1.29, 1.82) is 0 Å². The summed E-state index contributed by atoms with van der Waals surface area (Å²) >= 11 is 0. The summed E-state index contributed by atoms with van der Waals surface area (Å²) in [7, 11) is 0. The van der Waals surface area contributed by atoms with Crippen molar-refractivity contribution in [2.75, 3.05) is 6.54 Å². The van der Waals surface area contributed by atoms with Crippen molar-refractivity contribution in [3.05, 3.63) is 34.9 Å². The van der Waals surface area contributed by atoms with E-state index in [4.69, 9.17) is 5.73 Å². The highest BCUT2D eigenvalue weighted by atomic mass is 16.1. The van der Waals surface area contributed by atoms with E-state index in [0.29, 0.717) is 18.0 Å². The lowest BCUT2D eigenvalue weighted by molar-refractivity contribution is 0.0937. The lowest BCUT2D eigenvalue weighted by Crippen LogP contribution is -2.32. The van der Waals surface area contributed by atoms with Gasteiger partial charge in [-0.05, 0) is 56.4 Å². The maximum Gasteiger partial charge on any atom is 0.251 e. The van der Waals surface area contributed by atoms with Gasteiger partial charge in [0, 0.05) is 17.2 Å². The summed E-state index contributed by atoms with van der Waals surface area (Å²) in [6, 6.07) is 5.85. The van der Waals surface area contributed by atoms with Gasteiger partial charge in [-0.15, -0.1) is 0 Å². The molecule has 1 atom stereocenters. The van der Waals surface area contributed by atoms with Gasteiger partial charge in [-0.1, -0.05) is 25.7 Å². The van der Waals surface area contributed by atoms with Crippen LogP contribution in [0.2, 0.25) is 0 Å². The van der Waals surface area contributed by atoms with Crippen LogP contribution in [0.25, 0.3) is 0 Å². The number of nitrogens with one attached hydrogen (secondary N) is 1. The Hall–Kier alpha value is -1.79. The van der Waals surface area contributed by atoms with Crippen LogP contribution in [-0.4, -0.2) is 18.5 Å². The molecule has 21 heavy (non-hydrogen) atoms. The molecular formula is C18H26N2O. The molecule has 0 aliphatic carbocycles. The Morgan fingerprint density at radius 2 is 1.95 bits per heavy atom. The van der Waals surface area contributed by atoms with E-state index < -0.39 is 0 Å². The average Bonchev–Trinajstić information content (AvgIpc) is 2.42. The zero-order chi connectivity index (χ0) is 15.8. The Morgan fingerprint density at radius 3 is 2.57 bits per heavy atom. The molecular weight excluding hydrogens is 260 g/mol. The summed E-state index contributed by atoms with van der Waals surface area (Å²) in [5.74, 6) is 6.41. The summed E-state index contributed by atoms with van der Waals surface area (Å²) in [5, 5.41) is 3.05. The van der Waals surface area contributed by atoms with Gasteiger partial charge in [0.05, 0.1) is 6.54 Å². The third-order valence-electron chi connectivity index (χ3n) is 3.23. The molecule has 0 aliphatic heterocycles. The second-order valence-electron chi connectivity index (χ2n) is 5.94. The highest BCUT2D eigenvalue weighted by molar-refractivity contribution is 5.95. The van der Waals surface area contributed by atoms with Gasteiger partial charge in [-0.3, -0.25) is 4.79 Å². The SMILES string of the molecule is Cc1cc(C#CCN)cc(C(=O)NC(C)CCC(C)C)c1. The van der Waals surface area contributed by atoms with Crippen LogP contribution in [0, 0.1) is 24.7 Å². The number of aryl methyl sites for hydroxylation is 1. The van der Waals surface area contributed by atoms with Crippen molar-refractivity contribution in [3.8, 4) is 11.8 Å². The van der Waals surface area contributed by atoms with E-state index in [1.807, 2.05) is 32.0 Å². The smallest absolute Gasteiger partial charge is 0.251 e. The molecule has 114 valence electrons. The Labute approximate surface area is 128 Å². The first-order valence-electron chi connectivity index (χ1n) is 7.54. The van der Waals surface area contributed by atoms with Crippen LogP contribution in [0.3, 0.4) is 0 Å². The highest BCUT2D eigenvalue weighted by Gasteiger charge is 2.11. The molecule has 0 aromatic heterocycles. The largest absolute Gasteiger partial charge is 0.350 e. The van der Waals surface area contributed by atoms with Gasteiger partial charge in [0.2, 0.25) is 0 Å². The summed E-state index contributed by atoms with van der Waals surface area (Å²) in [4.78, 5) is 12.3. The quantitative estimate of drug-likeness (QED) is 0.818. The molecule has 0 spiro atoms. The van der Waals surface area contributed by atoms with Crippen LogP contribution in [0.4, 0.5) is 0 Å². The number of amides is 1. The van der Waals surface area contributed by atoms with Gasteiger partial charge in [-0.25, -0.2) is 0 Å². The van der Waals surface area contributed by atoms with Crippen molar-refractivity contribution >= 4 is 5.91 Å². The average molecular weight is 286 g/mol. The molecule has 3 heteroatoms. The van der Waals surface area contributed by atoms with Gasteiger partial charge in [0.1, 0.15) is 0 Å². The van der Waals surface area contributed by atoms with E-state index in [9.17, 15) is 4.79 Å². The minimum Gasteiger partial charge on any atom is -0.350 e. The first kappa shape index (κ1) is 17.3. The number of benzene rings is 1. The molecule has 0 radical (unpaired) electrons. The van der Waals surface area contributed by atoms with Gasteiger partial charge < -0.3 is 11.1 Å². The zero-order valence-corrected chi connectivity index (χ0v) is 13.5. The molecule has 0 fully saturated rings. The monoisotopic (exact) mass is 286 g/mol. The second-order valence-corrected chi connectivity index (χ2v) is 5.94. The number of rotatable bonds is 5. The topological polar surface area (TPSA) is 55.1 Å². The minimum atomic E-state index is -0.0363. The molecule has 0 aliphatic rings. The Bertz CT molecular complexity index is 538. The van der Waals surface area contributed by atoms with Crippen molar-refractivity contribution in [3.63, 3.8) is 0 Å². The van der Waals surface area contributed by atoms with Crippen LogP contribution in [0.15, 0.2) is 18.2 Å². The van der Waals surface area contributed by atoms with Crippen molar-refractivity contribution in [2.45, 2.75) is 46.6 Å². The van der Waals surface area contributed by atoms with Crippen LogP contribution in [0.1, 0.15) is 55.1 Å². The van der Waals surface area contributed by atoms with Crippen LogP contribution >= 0.6 is 0 Å². The van der Waals surface area contributed by atoms with Crippen LogP contribution in [-0.2, 0) is 0 Å². The number of carbonyl (C=O) groups is 1. The summed E-state index contributed by atoms with van der Waals surface area (Å²) < 4.78 is 0. The van der Waals surface area contributed by atoms with Gasteiger partial charge >= 0.3 is 0 Å². The third kappa shape index (κ3) is 6.46. The van der Waals surface area contributed by atoms with Crippen molar-refractivity contribution < 1.29 is 4.79 Å². The maximum atomic E-state index is 12.3. The molecule has 0 heterocycles. The number of hydrogen-bond donors (Lipinski definition) is 2. The molecule has 0 saturated carbocycles. The molecule has 1 amide bonds. The van der Waals surface area contributed by atoms with Gasteiger partial charge in [-0.2, -0.15) is 0 Å².